The molecular weight excluding hydrogens is 428 g/mol. The van der Waals surface area contributed by atoms with Crippen molar-refractivity contribution < 1.29 is 9.53 Å². The molecule has 0 saturated carbocycles. The predicted molar refractivity (Wildman–Crippen MR) is 130 cm³/mol. The zero-order chi connectivity index (χ0) is 23.5. The Bertz CT molecular complexity index is 1370. The summed E-state index contributed by atoms with van der Waals surface area (Å²) in [5.74, 6) is -0.556. The Morgan fingerprint density at radius 1 is 0.879 bits per heavy atom. The maximum atomic E-state index is 13.4. The minimum Gasteiger partial charge on any atom is -0.420 e. The number of allylic oxidation sites excluding steroid dienone is 3. The van der Waals surface area contributed by atoms with Crippen molar-refractivity contribution in [1.29, 1.82) is 10.5 Å². The summed E-state index contributed by atoms with van der Waals surface area (Å²) in [6.07, 6.45) is 0. The molecule has 1 aliphatic rings. The number of aryl methyl sites for hydroxylation is 2. The first-order chi connectivity index (χ1) is 16.0. The van der Waals surface area contributed by atoms with Crippen LogP contribution < -0.4 is 0 Å². The normalized spacial score (nSPS) is 14.4. The Labute approximate surface area is 197 Å². The van der Waals surface area contributed by atoms with Gasteiger partial charge in [-0.25, -0.2) is 4.79 Å². The second-order valence-corrected chi connectivity index (χ2v) is 9.09. The summed E-state index contributed by atoms with van der Waals surface area (Å²) in [7, 11) is 0. The molecular formula is C28H20N2O2S. The Kier molecular flexibility index (Phi) is 6.09. The van der Waals surface area contributed by atoms with E-state index in [1.807, 2.05) is 93.6 Å². The van der Waals surface area contributed by atoms with Crippen LogP contribution in [0.3, 0.4) is 0 Å². The topological polar surface area (TPSA) is 73.9 Å². The van der Waals surface area contributed by atoms with Crippen molar-refractivity contribution >= 4 is 28.5 Å². The second-order valence-electron chi connectivity index (χ2n) is 7.63. The van der Waals surface area contributed by atoms with E-state index in [4.69, 9.17) is 4.74 Å². The monoisotopic (exact) mass is 448 g/mol. The molecule has 2 heterocycles. The van der Waals surface area contributed by atoms with Crippen LogP contribution in [0.25, 0.3) is 11.1 Å². The lowest BCUT2D eigenvalue weighted by atomic mass is 9.86. The van der Waals surface area contributed by atoms with Crippen LogP contribution >= 0.6 is 11.3 Å². The number of hydrogen-bond acceptors (Lipinski definition) is 5. The molecule has 1 saturated heterocycles. The number of esters is 1. The van der Waals surface area contributed by atoms with Crippen LogP contribution in [-0.2, 0) is 9.53 Å². The Morgan fingerprint density at radius 3 is 1.88 bits per heavy atom. The maximum Gasteiger partial charge on any atom is 0.345 e. The van der Waals surface area contributed by atoms with Gasteiger partial charge in [0.1, 0.15) is 12.1 Å². The lowest BCUT2D eigenvalue weighted by Crippen LogP contribution is -2.03. The van der Waals surface area contributed by atoms with Crippen molar-refractivity contribution in [1.82, 2.24) is 0 Å². The van der Waals surface area contributed by atoms with Crippen molar-refractivity contribution in [2.45, 2.75) is 20.8 Å². The van der Waals surface area contributed by atoms with Gasteiger partial charge in [0, 0.05) is 20.9 Å². The van der Waals surface area contributed by atoms with Crippen molar-refractivity contribution in [2.24, 2.45) is 0 Å². The smallest absolute Gasteiger partial charge is 0.345 e. The predicted octanol–water partition coefficient (Wildman–Crippen LogP) is 6.50. The molecule has 3 aromatic rings. The van der Waals surface area contributed by atoms with Crippen LogP contribution in [0.4, 0.5) is 0 Å². The molecule has 0 atom stereocenters. The maximum absolute atomic E-state index is 13.4. The first-order valence-electron chi connectivity index (χ1n) is 10.4. The minimum atomic E-state index is -0.574. The number of rotatable bonds is 3. The van der Waals surface area contributed by atoms with Crippen LogP contribution in [-0.4, -0.2) is 5.97 Å². The second kappa shape index (κ2) is 9.12. The molecule has 0 bridgehead atoms. The molecule has 0 aliphatic carbocycles. The van der Waals surface area contributed by atoms with Gasteiger partial charge in [-0.3, -0.25) is 0 Å². The van der Waals surface area contributed by atoms with E-state index in [2.05, 4.69) is 6.07 Å². The molecule has 1 fully saturated rings. The number of ether oxygens (including phenoxy) is 1. The first kappa shape index (κ1) is 22.0. The third-order valence-electron chi connectivity index (χ3n) is 5.52. The Balaban J connectivity index is 2.18. The molecule has 0 unspecified atom stereocenters. The van der Waals surface area contributed by atoms with Gasteiger partial charge in [-0.2, -0.15) is 10.5 Å². The standard InChI is InChI=1S/C28H20N2O2S/c1-17-14-23(19(3)33-17)18(2)24-26(28(31)32-27(24)22(15-29)16-30)25(20-10-6-4-7-11-20)21-12-8-5-9-13-21/h4-14H,1-3H3/b24-18+. The highest BCUT2D eigenvalue weighted by Gasteiger charge is 2.38. The van der Waals surface area contributed by atoms with Gasteiger partial charge in [-0.1, -0.05) is 60.7 Å². The van der Waals surface area contributed by atoms with Gasteiger partial charge in [0.05, 0.1) is 5.57 Å². The lowest BCUT2D eigenvalue weighted by Gasteiger charge is -2.14. The first-order valence-corrected chi connectivity index (χ1v) is 11.2. The fraction of sp³-hybridized carbons (Fsp3) is 0.107. The number of nitrogens with zero attached hydrogens (tertiary/aromatic N) is 2. The quantitative estimate of drug-likeness (QED) is 0.260. The highest BCUT2D eigenvalue weighted by Crippen LogP contribution is 2.44. The van der Waals surface area contributed by atoms with E-state index in [1.54, 1.807) is 11.3 Å². The molecule has 0 N–H and O–H groups in total. The summed E-state index contributed by atoms with van der Waals surface area (Å²) in [5, 5.41) is 19.2. The van der Waals surface area contributed by atoms with E-state index in [0.29, 0.717) is 16.7 Å². The van der Waals surface area contributed by atoms with E-state index in [9.17, 15) is 15.3 Å². The zero-order valence-corrected chi connectivity index (χ0v) is 19.3. The number of hydrogen-bond donors (Lipinski definition) is 0. The summed E-state index contributed by atoms with van der Waals surface area (Å²) < 4.78 is 5.63. The molecule has 0 amide bonds. The van der Waals surface area contributed by atoms with Gasteiger partial charge in [-0.15, -0.1) is 11.3 Å². The average molecular weight is 449 g/mol. The SMILES string of the molecule is C/C(=C1\C(=C(C#N)C#N)OC(=O)C1=C(c1ccccc1)c1ccccc1)c1cc(C)sc1C. The van der Waals surface area contributed by atoms with Gasteiger partial charge < -0.3 is 4.74 Å². The van der Waals surface area contributed by atoms with Gasteiger partial charge >= 0.3 is 5.97 Å². The van der Waals surface area contributed by atoms with Gasteiger partial charge in [0.2, 0.25) is 0 Å². The Morgan fingerprint density at radius 2 is 1.42 bits per heavy atom. The molecule has 0 spiro atoms. The fourth-order valence-corrected chi connectivity index (χ4v) is 5.08. The average Bonchev–Trinajstić information content (AvgIpc) is 3.34. The molecule has 33 heavy (non-hydrogen) atoms. The van der Waals surface area contributed by atoms with Crippen LogP contribution in [0.15, 0.2) is 89.2 Å². The summed E-state index contributed by atoms with van der Waals surface area (Å²) >= 11 is 1.66. The molecule has 4 rings (SSSR count). The highest BCUT2D eigenvalue weighted by molar-refractivity contribution is 7.12. The molecule has 2 aromatic carbocycles. The van der Waals surface area contributed by atoms with E-state index < -0.39 is 5.97 Å². The van der Waals surface area contributed by atoms with E-state index >= 15 is 0 Å². The Hall–Kier alpha value is -4.19. The van der Waals surface area contributed by atoms with E-state index in [1.165, 1.54) is 0 Å². The van der Waals surface area contributed by atoms with Gasteiger partial charge in [0.15, 0.2) is 11.3 Å². The summed E-state index contributed by atoms with van der Waals surface area (Å²) in [6, 6.07) is 25.1. The molecule has 1 aliphatic heterocycles. The lowest BCUT2D eigenvalue weighted by molar-refractivity contribution is -0.132. The van der Waals surface area contributed by atoms with Gasteiger partial charge in [-0.05, 0) is 49.1 Å². The third-order valence-corrected chi connectivity index (χ3v) is 6.49. The molecule has 1 aromatic heterocycles. The summed E-state index contributed by atoms with van der Waals surface area (Å²) in [5.41, 5.74) is 4.76. The van der Waals surface area contributed by atoms with Crippen LogP contribution in [0, 0.1) is 36.5 Å². The summed E-state index contributed by atoms with van der Waals surface area (Å²) in [4.78, 5) is 15.6. The van der Waals surface area contributed by atoms with E-state index in [0.717, 1.165) is 32.0 Å². The molecule has 0 radical (unpaired) electrons. The van der Waals surface area contributed by atoms with Crippen LogP contribution in [0.1, 0.15) is 33.4 Å². The van der Waals surface area contributed by atoms with Crippen molar-refractivity contribution in [3.8, 4) is 12.1 Å². The number of carbonyl (C=O) groups excluding carboxylic acids is 1. The number of nitriles is 2. The highest BCUT2D eigenvalue weighted by atomic mass is 32.1. The number of cyclic esters (lactones) is 1. The minimum absolute atomic E-state index is 0.0186. The number of benzene rings is 2. The van der Waals surface area contributed by atoms with Gasteiger partial charge in [0.25, 0.3) is 0 Å². The third kappa shape index (κ3) is 4.03. The van der Waals surface area contributed by atoms with Crippen molar-refractivity contribution in [3.05, 3.63) is 116 Å². The summed E-state index contributed by atoms with van der Waals surface area (Å²) in [6.45, 7) is 5.95. The molecule has 5 heteroatoms. The van der Waals surface area contributed by atoms with Crippen LogP contribution in [0.2, 0.25) is 0 Å². The van der Waals surface area contributed by atoms with E-state index in [-0.39, 0.29) is 11.3 Å². The number of carbonyl (C=O) groups is 1. The van der Waals surface area contributed by atoms with Crippen molar-refractivity contribution in [2.75, 3.05) is 0 Å². The fourth-order valence-electron chi connectivity index (χ4n) is 4.10. The zero-order valence-electron chi connectivity index (χ0n) is 18.5. The van der Waals surface area contributed by atoms with Crippen molar-refractivity contribution in [3.63, 3.8) is 0 Å². The molecule has 4 nitrogen and oxygen atoms in total. The number of thiophene rings is 1. The molecule has 160 valence electrons. The largest absolute Gasteiger partial charge is 0.420 e. The van der Waals surface area contributed by atoms with Crippen LogP contribution in [0.5, 0.6) is 0 Å².